The molecule has 0 aliphatic heterocycles. The molecule has 18 heavy (non-hydrogen) atoms. The van der Waals surface area contributed by atoms with Gasteiger partial charge >= 0.3 is 0 Å². The molecule has 1 N–H and O–H groups in total. The van der Waals surface area contributed by atoms with Crippen LogP contribution in [0.4, 0.5) is 0 Å². The number of aromatic nitrogens is 2. The maximum Gasteiger partial charge on any atom is 0.0641 e. The van der Waals surface area contributed by atoms with E-state index in [1.54, 1.807) is 0 Å². The highest BCUT2D eigenvalue weighted by atomic mass is 79.9. The van der Waals surface area contributed by atoms with Crippen LogP contribution in [-0.2, 0) is 13.6 Å². The Morgan fingerprint density at radius 1 is 1.44 bits per heavy atom. The summed E-state index contributed by atoms with van der Waals surface area (Å²) in [7, 11) is 1.96. The lowest BCUT2D eigenvalue weighted by Gasteiger charge is -2.13. The summed E-state index contributed by atoms with van der Waals surface area (Å²) in [6.07, 6.45) is 2.08. The van der Waals surface area contributed by atoms with Gasteiger partial charge in [-0.2, -0.15) is 5.10 Å². The third-order valence-corrected chi connectivity index (χ3v) is 3.51. The number of nitrogens with one attached hydrogen (secondary N) is 1. The summed E-state index contributed by atoms with van der Waals surface area (Å²) < 4.78 is 2.98. The van der Waals surface area contributed by atoms with Crippen LogP contribution in [0.3, 0.4) is 0 Å². The summed E-state index contributed by atoms with van der Waals surface area (Å²) in [4.78, 5) is 0. The first-order valence-corrected chi connectivity index (χ1v) is 6.83. The van der Waals surface area contributed by atoms with Crippen molar-refractivity contribution >= 4 is 15.9 Å². The number of nitrogens with zero attached hydrogens (tertiary/aromatic N) is 2. The Balaban J connectivity index is 2.00. The molecule has 0 fully saturated rings. The third-order valence-electron chi connectivity index (χ3n) is 3.02. The minimum absolute atomic E-state index is 0.303. The zero-order chi connectivity index (χ0) is 13.1. The molecule has 0 spiro atoms. The smallest absolute Gasteiger partial charge is 0.0641 e. The van der Waals surface area contributed by atoms with E-state index in [0.29, 0.717) is 6.04 Å². The molecule has 0 aliphatic rings. The van der Waals surface area contributed by atoms with E-state index in [1.165, 1.54) is 11.1 Å². The topological polar surface area (TPSA) is 29.9 Å². The van der Waals surface area contributed by atoms with Crippen molar-refractivity contribution in [1.82, 2.24) is 15.1 Å². The van der Waals surface area contributed by atoms with Gasteiger partial charge in [-0.05, 0) is 31.5 Å². The molecule has 1 atom stereocenters. The van der Waals surface area contributed by atoms with Crippen LogP contribution in [0.2, 0.25) is 0 Å². The van der Waals surface area contributed by atoms with Crippen molar-refractivity contribution in [3.63, 3.8) is 0 Å². The standard InChI is InChI=1S/C14H18BrN3/c1-10(14-9-18(3)17-11(14)2)16-8-12-5-4-6-13(15)7-12/h4-7,9-10,16H,8H2,1-3H3. The molecule has 1 heterocycles. The van der Waals surface area contributed by atoms with Gasteiger partial charge in [-0.3, -0.25) is 4.68 Å². The van der Waals surface area contributed by atoms with Crippen molar-refractivity contribution in [3.05, 3.63) is 51.8 Å². The van der Waals surface area contributed by atoms with Crippen LogP contribution in [0.5, 0.6) is 0 Å². The van der Waals surface area contributed by atoms with Gasteiger partial charge in [0.25, 0.3) is 0 Å². The van der Waals surface area contributed by atoms with Gasteiger partial charge in [0.15, 0.2) is 0 Å². The minimum atomic E-state index is 0.303. The molecule has 2 aromatic rings. The van der Waals surface area contributed by atoms with Crippen LogP contribution >= 0.6 is 15.9 Å². The second kappa shape index (κ2) is 5.67. The molecule has 0 aliphatic carbocycles. The maximum absolute atomic E-state index is 4.37. The van der Waals surface area contributed by atoms with E-state index in [0.717, 1.165) is 16.7 Å². The van der Waals surface area contributed by atoms with Crippen molar-refractivity contribution in [3.8, 4) is 0 Å². The predicted molar refractivity (Wildman–Crippen MR) is 77.3 cm³/mol. The maximum atomic E-state index is 4.37. The molecule has 96 valence electrons. The Hall–Kier alpha value is -1.13. The van der Waals surface area contributed by atoms with Gasteiger partial charge in [-0.1, -0.05) is 28.1 Å². The molecule has 0 bridgehead atoms. The van der Waals surface area contributed by atoms with E-state index in [9.17, 15) is 0 Å². The molecule has 0 radical (unpaired) electrons. The van der Waals surface area contributed by atoms with Crippen molar-refractivity contribution in [2.24, 2.45) is 7.05 Å². The fourth-order valence-electron chi connectivity index (χ4n) is 2.07. The molecule has 3 nitrogen and oxygen atoms in total. The second-order valence-corrected chi connectivity index (χ2v) is 5.49. The van der Waals surface area contributed by atoms with Crippen molar-refractivity contribution in [1.29, 1.82) is 0 Å². The first kappa shape index (κ1) is 13.3. The SMILES string of the molecule is Cc1nn(C)cc1C(C)NCc1cccc(Br)c1. The minimum Gasteiger partial charge on any atom is -0.306 e. The lowest BCUT2D eigenvalue weighted by Crippen LogP contribution is -2.18. The molecule has 1 unspecified atom stereocenters. The van der Waals surface area contributed by atoms with Crippen molar-refractivity contribution < 1.29 is 0 Å². The largest absolute Gasteiger partial charge is 0.306 e. The number of aryl methyl sites for hydroxylation is 2. The van der Waals surface area contributed by atoms with E-state index in [-0.39, 0.29) is 0 Å². The Morgan fingerprint density at radius 3 is 2.83 bits per heavy atom. The number of hydrogen-bond donors (Lipinski definition) is 1. The molecule has 0 saturated heterocycles. The summed E-state index contributed by atoms with van der Waals surface area (Å²) in [6, 6.07) is 8.66. The first-order valence-electron chi connectivity index (χ1n) is 6.04. The average molecular weight is 308 g/mol. The van der Waals surface area contributed by atoms with Crippen LogP contribution < -0.4 is 5.32 Å². The lowest BCUT2D eigenvalue weighted by molar-refractivity contribution is 0.572. The third kappa shape index (κ3) is 3.21. The molecule has 0 saturated carbocycles. The van der Waals surface area contributed by atoms with Gasteiger partial charge in [0, 0.05) is 35.9 Å². The Morgan fingerprint density at radius 2 is 2.22 bits per heavy atom. The number of halogens is 1. The lowest BCUT2D eigenvalue weighted by atomic mass is 10.1. The van der Waals surface area contributed by atoms with E-state index in [2.05, 4.69) is 57.7 Å². The van der Waals surface area contributed by atoms with Crippen molar-refractivity contribution in [2.75, 3.05) is 0 Å². The quantitative estimate of drug-likeness (QED) is 0.939. The van der Waals surface area contributed by atoms with Gasteiger partial charge in [0.2, 0.25) is 0 Å². The highest BCUT2D eigenvalue weighted by molar-refractivity contribution is 9.10. The van der Waals surface area contributed by atoms with Crippen LogP contribution in [0.1, 0.15) is 29.8 Å². The van der Waals surface area contributed by atoms with E-state index in [4.69, 9.17) is 0 Å². The fourth-order valence-corrected chi connectivity index (χ4v) is 2.52. The average Bonchev–Trinajstić information content (AvgIpc) is 2.66. The molecule has 1 aromatic heterocycles. The fraction of sp³-hybridized carbons (Fsp3) is 0.357. The first-order chi connectivity index (χ1) is 8.56. The Labute approximate surface area is 116 Å². The number of benzene rings is 1. The highest BCUT2D eigenvalue weighted by Crippen LogP contribution is 2.17. The Kier molecular flexibility index (Phi) is 4.19. The monoisotopic (exact) mass is 307 g/mol. The van der Waals surface area contributed by atoms with Crippen molar-refractivity contribution in [2.45, 2.75) is 26.4 Å². The molecule has 4 heteroatoms. The Bertz CT molecular complexity index is 534. The summed E-state index contributed by atoms with van der Waals surface area (Å²) in [6.45, 7) is 5.07. The van der Waals surface area contributed by atoms with E-state index < -0.39 is 0 Å². The zero-order valence-electron chi connectivity index (χ0n) is 10.9. The predicted octanol–water partition coefficient (Wildman–Crippen LogP) is 3.34. The molecule has 0 amide bonds. The van der Waals surface area contributed by atoms with Crippen LogP contribution in [-0.4, -0.2) is 9.78 Å². The normalized spacial score (nSPS) is 12.7. The van der Waals surface area contributed by atoms with Crippen LogP contribution in [0.25, 0.3) is 0 Å². The van der Waals surface area contributed by atoms with Crippen LogP contribution in [0, 0.1) is 6.92 Å². The van der Waals surface area contributed by atoms with E-state index in [1.807, 2.05) is 24.7 Å². The second-order valence-electron chi connectivity index (χ2n) is 4.58. The van der Waals surface area contributed by atoms with Gasteiger partial charge in [0.05, 0.1) is 5.69 Å². The molecular weight excluding hydrogens is 290 g/mol. The molecule has 2 rings (SSSR count). The summed E-state index contributed by atoms with van der Waals surface area (Å²) >= 11 is 3.49. The van der Waals surface area contributed by atoms with Gasteiger partial charge in [-0.15, -0.1) is 0 Å². The van der Waals surface area contributed by atoms with E-state index >= 15 is 0 Å². The van der Waals surface area contributed by atoms with Crippen LogP contribution in [0.15, 0.2) is 34.9 Å². The number of hydrogen-bond acceptors (Lipinski definition) is 2. The summed E-state index contributed by atoms with van der Waals surface area (Å²) in [5.74, 6) is 0. The molecular formula is C14H18BrN3. The zero-order valence-corrected chi connectivity index (χ0v) is 12.5. The summed E-state index contributed by atoms with van der Waals surface area (Å²) in [5.41, 5.74) is 3.62. The summed E-state index contributed by atoms with van der Waals surface area (Å²) in [5, 5.41) is 7.89. The molecule has 1 aromatic carbocycles. The van der Waals surface area contributed by atoms with Gasteiger partial charge in [0.1, 0.15) is 0 Å². The van der Waals surface area contributed by atoms with Gasteiger partial charge < -0.3 is 5.32 Å². The number of rotatable bonds is 4. The van der Waals surface area contributed by atoms with Gasteiger partial charge in [-0.25, -0.2) is 0 Å². The highest BCUT2D eigenvalue weighted by Gasteiger charge is 2.10.